The second-order valence-electron chi connectivity index (χ2n) is 7.91. The molecule has 1 aliphatic heterocycles. The third kappa shape index (κ3) is 5.23. The SMILES string of the molecule is CC(C)(C)OC(=O)N1CCC(c2ccc(Oc3ccc(C#N)cn3)cc2)CC1. The number of aromatic nitrogens is 1. The van der Waals surface area contributed by atoms with Gasteiger partial charge in [-0.05, 0) is 63.3 Å². The molecule has 0 aliphatic carbocycles. The van der Waals surface area contributed by atoms with Crippen molar-refractivity contribution in [3.63, 3.8) is 0 Å². The van der Waals surface area contributed by atoms with E-state index in [0.717, 1.165) is 12.8 Å². The Morgan fingerprint density at radius 1 is 1.14 bits per heavy atom. The summed E-state index contributed by atoms with van der Waals surface area (Å²) in [6.07, 6.45) is 3.08. The number of nitriles is 1. The summed E-state index contributed by atoms with van der Waals surface area (Å²) in [5.41, 5.74) is 1.28. The lowest BCUT2D eigenvalue weighted by Crippen LogP contribution is -2.41. The number of benzene rings is 1. The van der Waals surface area contributed by atoms with E-state index in [1.807, 2.05) is 39.0 Å². The molecule has 28 heavy (non-hydrogen) atoms. The van der Waals surface area contributed by atoms with Crippen LogP contribution in [0.3, 0.4) is 0 Å². The molecule has 2 heterocycles. The first-order valence-electron chi connectivity index (χ1n) is 9.46. The number of hydrogen-bond donors (Lipinski definition) is 0. The van der Waals surface area contributed by atoms with Gasteiger partial charge >= 0.3 is 6.09 Å². The maximum atomic E-state index is 12.2. The number of ether oxygens (including phenoxy) is 2. The average Bonchev–Trinajstić information content (AvgIpc) is 2.68. The quantitative estimate of drug-likeness (QED) is 0.761. The Labute approximate surface area is 165 Å². The topological polar surface area (TPSA) is 75.4 Å². The molecular formula is C22H25N3O3. The molecule has 0 unspecified atom stereocenters. The van der Waals surface area contributed by atoms with Crippen LogP contribution in [0.1, 0.15) is 50.7 Å². The first-order chi connectivity index (χ1) is 13.3. The predicted molar refractivity (Wildman–Crippen MR) is 105 cm³/mol. The van der Waals surface area contributed by atoms with Crippen LogP contribution in [0.15, 0.2) is 42.6 Å². The van der Waals surface area contributed by atoms with Gasteiger partial charge in [-0.1, -0.05) is 12.1 Å². The van der Waals surface area contributed by atoms with E-state index >= 15 is 0 Å². The van der Waals surface area contributed by atoms with Gasteiger partial charge < -0.3 is 14.4 Å². The maximum Gasteiger partial charge on any atom is 0.410 e. The third-order valence-corrected chi connectivity index (χ3v) is 4.59. The Balaban J connectivity index is 1.54. The van der Waals surface area contributed by atoms with E-state index in [1.165, 1.54) is 11.8 Å². The van der Waals surface area contributed by atoms with Crippen molar-refractivity contribution in [2.45, 2.75) is 45.1 Å². The Bertz CT molecular complexity index is 841. The summed E-state index contributed by atoms with van der Waals surface area (Å²) in [6.45, 7) is 7.05. The molecule has 1 aromatic carbocycles. The Morgan fingerprint density at radius 3 is 2.36 bits per heavy atom. The second-order valence-corrected chi connectivity index (χ2v) is 7.91. The van der Waals surface area contributed by atoms with Crippen LogP contribution in [-0.4, -0.2) is 34.7 Å². The van der Waals surface area contributed by atoms with Crippen molar-refractivity contribution >= 4 is 6.09 Å². The number of hydrogen-bond acceptors (Lipinski definition) is 5. The van der Waals surface area contributed by atoms with Crippen molar-refractivity contribution in [3.8, 4) is 17.7 Å². The minimum atomic E-state index is -0.465. The van der Waals surface area contributed by atoms with Crippen molar-refractivity contribution < 1.29 is 14.3 Å². The first kappa shape index (κ1) is 19.7. The first-order valence-corrected chi connectivity index (χ1v) is 9.46. The molecule has 1 aliphatic rings. The van der Waals surface area contributed by atoms with Gasteiger partial charge in [0.15, 0.2) is 0 Å². The lowest BCUT2D eigenvalue weighted by atomic mass is 9.89. The highest BCUT2D eigenvalue weighted by molar-refractivity contribution is 5.68. The van der Waals surface area contributed by atoms with Gasteiger partial charge in [0, 0.05) is 25.4 Å². The zero-order chi connectivity index (χ0) is 20.1. The lowest BCUT2D eigenvalue weighted by Gasteiger charge is -2.33. The van der Waals surface area contributed by atoms with Crippen LogP contribution in [0.2, 0.25) is 0 Å². The summed E-state index contributed by atoms with van der Waals surface area (Å²) >= 11 is 0. The van der Waals surface area contributed by atoms with Gasteiger partial charge in [0.25, 0.3) is 0 Å². The fourth-order valence-corrected chi connectivity index (χ4v) is 3.16. The Morgan fingerprint density at radius 2 is 1.82 bits per heavy atom. The average molecular weight is 379 g/mol. The monoisotopic (exact) mass is 379 g/mol. The van der Waals surface area contributed by atoms with Crippen molar-refractivity contribution in [2.75, 3.05) is 13.1 Å². The summed E-state index contributed by atoms with van der Waals surface area (Å²) in [5, 5.41) is 8.81. The minimum absolute atomic E-state index is 0.232. The van der Waals surface area contributed by atoms with Crippen LogP contribution in [0.4, 0.5) is 4.79 Å². The van der Waals surface area contributed by atoms with Crippen molar-refractivity contribution in [3.05, 3.63) is 53.7 Å². The molecule has 0 bridgehead atoms. The molecule has 6 nitrogen and oxygen atoms in total. The Hall–Kier alpha value is -3.07. The predicted octanol–water partition coefficient (Wildman–Crippen LogP) is 4.86. The number of nitrogens with zero attached hydrogens (tertiary/aromatic N) is 3. The van der Waals surface area contributed by atoms with Crippen LogP contribution < -0.4 is 4.74 Å². The number of piperidine rings is 1. The molecule has 0 N–H and O–H groups in total. The van der Waals surface area contributed by atoms with E-state index in [4.69, 9.17) is 14.7 Å². The second kappa shape index (κ2) is 8.30. The molecule has 0 saturated carbocycles. The zero-order valence-electron chi connectivity index (χ0n) is 16.5. The van der Waals surface area contributed by atoms with Gasteiger partial charge in [0.2, 0.25) is 5.88 Å². The van der Waals surface area contributed by atoms with Gasteiger partial charge in [-0.2, -0.15) is 5.26 Å². The summed E-state index contributed by atoms with van der Waals surface area (Å²) in [5.74, 6) is 1.57. The van der Waals surface area contributed by atoms with Gasteiger partial charge in [-0.3, -0.25) is 0 Å². The van der Waals surface area contributed by atoms with Crippen LogP contribution >= 0.6 is 0 Å². The van der Waals surface area contributed by atoms with E-state index in [9.17, 15) is 4.79 Å². The van der Waals surface area contributed by atoms with E-state index < -0.39 is 5.60 Å². The van der Waals surface area contributed by atoms with Crippen LogP contribution in [0, 0.1) is 11.3 Å². The molecule has 1 aromatic heterocycles. The highest BCUT2D eigenvalue weighted by atomic mass is 16.6. The van der Waals surface area contributed by atoms with E-state index in [2.05, 4.69) is 17.1 Å². The van der Waals surface area contributed by atoms with Gasteiger partial charge in [0.1, 0.15) is 17.4 Å². The standard InChI is InChI=1S/C22H25N3O3/c1-22(2,3)28-21(26)25-12-10-18(11-13-25)17-5-7-19(8-6-17)27-20-9-4-16(14-23)15-24-20/h4-9,15,18H,10-13H2,1-3H3. The van der Waals surface area contributed by atoms with E-state index in [0.29, 0.717) is 36.2 Å². The normalized spacial score (nSPS) is 15.0. The zero-order valence-corrected chi connectivity index (χ0v) is 16.5. The lowest BCUT2D eigenvalue weighted by molar-refractivity contribution is 0.0205. The van der Waals surface area contributed by atoms with Gasteiger partial charge in [-0.15, -0.1) is 0 Å². The number of amides is 1. The number of carbonyl (C=O) groups is 1. The van der Waals surface area contributed by atoms with Crippen molar-refractivity contribution in [1.82, 2.24) is 9.88 Å². The van der Waals surface area contributed by atoms with Crippen LogP contribution in [-0.2, 0) is 4.74 Å². The number of rotatable bonds is 3. The fraction of sp³-hybridized carbons (Fsp3) is 0.409. The number of carbonyl (C=O) groups excluding carboxylic acids is 1. The molecule has 1 fully saturated rings. The molecule has 3 rings (SSSR count). The smallest absolute Gasteiger partial charge is 0.410 e. The molecular weight excluding hydrogens is 354 g/mol. The third-order valence-electron chi connectivity index (χ3n) is 4.59. The van der Waals surface area contributed by atoms with Crippen LogP contribution in [0.5, 0.6) is 11.6 Å². The number of pyridine rings is 1. The summed E-state index contributed by atoms with van der Waals surface area (Å²) in [7, 11) is 0. The summed E-state index contributed by atoms with van der Waals surface area (Å²) in [6, 6.07) is 13.4. The molecule has 0 atom stereocenters. The van der Waals surface area contributed by atoms with E-state index in [-0.39, 0.29) is 6.09 Å². The van der Waals surface area contributed by atoms with Gasteiger partial charge in [0.05, 0.1) is 5.56 Å². The molecule has 0 spiro atoms. The largest absolute Gasteiger partial charge is 0.444 e. The maximum absolute atomic E-state index is 12.2. The molecule has 146 valence electrons. The van der Waals surface area contributed by atoms with Crippen molar-refractivity contribution in [2.24, 2.45) is 0 Å². The van der Waals surface area contributed by atoms with Gasteiger partial charge in [-0.25, -0.2) is 9.78 Å². The molecule has 6 heteroatoms. The fourth-order valence-electron chi connectivity index (χ4n) is 3.16. The minimum Gasteiger partial charge on any atom is -0.444 e. The summed E-state index contributed by atoms with van der Waals surface area (Å²) < 4.78 is 11.2. The number of likely N-dealkylation sites (tertiary alicyclic amines) is 1. The van der Waals surface area contributed by atoms with Crippen molar-refractivity contribution in [1.29, 1.82) is 5.26 Å². The molecule has 0 radical (unpaired) electrons. The Kier molecular flexibility index (Phi) is 5.84. The van der Waals surface area contributed by atoms with E-state index in [1.54, 1.807) is 17.0 Å². The highest BCUT2D eigenvalue weighted by Crippen LogP contribution is 2.30. The van der Waals surface area contributed by atoms with Crippen LogP contribution in [0.25, 0.3) is 0 Å². The highest BCUT2D eigenvalue weighted by Gasteiger charge is 2.27. The molecule has 1 amide bonds. The molecule has 1 saturated heterocycles. The summed E-state index contributed by atoms with van der Waals surface area (Å²) in [4.78, 5) is 18.1. The molecule has 2 aromatic rings.